The van der Waals surface area contributed by atoms with Gasteiger partial charge in [-0.1, -0.05) is 18.5 Å². The lowest BCUT2D eigenvalue weighted by molar-refractivity contribution is 0.362. The van der Waals surface area contributed by atoms with Gasteiger partial charge in [-0.2, -0.15) is 0 Å². The Hall–Kier alpha value is -0.730. The molecular weight excluding hydrogens is 280 g/mol. The average molecular weight is 309 g/mol. The number of piperidine rings is 1. The van der Waals surface area contributed by atoms with Crippen molar-refractivity contribution in [2.24, 2.45) is 5.92 Å². The summed E-state index contributed by atoms with van der Waals surface area (Å²) in [4.78, 5) is 2.56. The Kier molecular flexibility index (Phi) is 5.21. The SMILES string of the molecule is CC1CCCN(c2ccc(Cl)cc2CNC(C)(C)C)C1C. The monoisotopic (exact) mass is 308 g/mol. The zero-order valence-corrected chi connectivity index (χ0v) is 14.8. The van der Waals surface area contributed by atoms with Gasteiger partial charge in [-0.25, -0.2) is 0 Å². The molecule has 0 amide bonds. The number of halogens is 1. The van der Waals surface area contributed by atoms with Crippen LogP contribution in [0.2, 0.25) is 5.02 Å². The maximum Gasteiger partial charge on any atom is 0.0415 e. The minimum Gasteiger partial charge on any atom is -0.368 e. The van der Waals surface area contributed by atoms with Crippen LogP contribution >= 0.6 is 11.6 Å². The van der Waals surface area contributed by atoms with Crippen LogP contribution in [0.5, 0.6) is 0 Å². The van der Waals surface area contributed by atoms with E-state index in [9.17, 15) is 0 Å². The number of rotatable bonds is 3. The van der Waals surface area contributed by atoms with Gasteiger partial charge in [0.25, 0.3) is 0 Å². The first-order valence-electron chi connectivity index (χ1n) is 8.08. The molecule has 0 aliphatic carbocycles. The maximum atomic E-state index is 6.22. The molecule has 1 aliphatic rings. The third-order valence-electron chi connectivity index (χ3n) is 4.53. The van der Waals surface area contributed by atoms with Gasteiger partial charge in [0, 0.05) is 35.4 Å². The van der Waals surface area contributed by atoms with Crippen molar-refractivity contribution < 1.29 is 0 Å². The van der Waals surface area contributed by atoms with Crippen LogP contribution in [0.4, 0.5) is 5.69 Å². The maximum absolute atomic E-state index is 6.22. The van der Waals surface area contributed by atoms with E-state index < -0.39 is 0 Å². The standard InChI is InChI=1S/C18H29ClN2/c1-13-7-6-10-21(14(13)2)17-9-8-16(19)11-15(17)12-20-18(3,4)5/h8-9,11,13-14,20H,6-7,10,12H2,1-5H3. The van der Waals surface area contributed by atoms with Crippen molar-refractivity contribution in [2.45, 2.75) is 65.6 Å². The Bertz CT molecular complexity index is 479. The van der Waals surface area contributed by atoms with Crippen molar-refractivity contribution in [3.8, 4) is 0 Å². The molecule has 3 heteroatoms. The van der Waals surface area contributed by atoms with Gasteiger partial charge in [-0.3, -0.25) is 0 Å². The predicted octanol–water partition coefficient (Wildman–Crippen LogP) is 4.85. The summed E-state index contributed by atoms with van der Waals surface area (Å²) in [6, 6.07) is 6.91. The first-order valence-corrected chi connectivity index (χ1v) is 8.46. The van der Waals surface area contributed by atoms with E-state index in [0.29, 0.717) is 6.04 Å². The fourth-order valence-corrected chi connectivity index (χ4v) is 3.21. The highest BCUT2D eigenvalue weighted by molar-refractivity contribution is 6.30. The molecule has 0 bridgehead atoms. The molecule has 1 aliphatic heterocycles. The third-order valence-corrected chi connectivity index (χ3v) is 4.77. The molecule has 0 saturated carbocycles. The molecule has 2 unspecified atom stereocenters. The summed E-state index contributed by atoms with van der Waals surface area (Å²) in [5, 5.41) is 4.41. The van der Waals surface area contributed by atoms with Crippen LogP contribution in [0.1, 0.15) is 53.0 Å². The van der Waals surface area contributed by atoms with E-state index >= 15 is 0 Å². The van der Waals surface area contributed by atoms with E-state index in [1.54, 1.807) is 0 Å². The van der Waals surface area contributed by atoms with Crippen LogP contribution in [0.3, 0.4) is 0 Å². The second-order valence-electron chi connectivity index (χ2n) is 7.43. The molecular formula is C18H29ClN2. The Morgan fingerprint density at radius 1 is 1.29 bits per heavy atom. The van der Waals surface area contributed by atoms with Crippen LogP contribution in [-0.2, 0) is 6.54 Å². The largest absolute Gasteiger partial charge is 0.368 e. The fourth-order valence-electron chi connectivity index (χ4n) is 3.01. The molecule has 1 fully saturated rings. The minimum absolute atomic E-state index is 0.112. The molecule has 0 spiro atoms. The quantitative estimate of drug-likeness (QED) is 0.858. The minimum atomic E-state index is 0.112. The molecule has 1 aromatic carbocycles. The smallest absolute Gasteiger partial charge is 0.0415 e. The van der Waals surface area contributed by atoms with Gasteiger partial charge in [0.05, 0.1) is 0 Å². The second kappa shape index (κ2) is 6.58. The van der Waals surface area contributed by atoms with Gasteiger partial charge in [0.15, 0.2) is 0 Å². The van der Waals surface area contributed by atoms with Gasteiger partial charge in [0.1, 0.15) is 0 Å². The van der Waals surface area contributed by atoms with Gasteiger partial charge in [-0.15, -0.1) is 0 Å². The van der Waals surface area contributed by atoms with Crippen molar-refractivity contribution >= 4 is 17.3 Å². The lowest BCUT2D eigenvalue weighted by Crippen LogP contribution is -2.43. The number of anilines is 1. The zero-order chi connectivity index (χ0) is 15.6. The predicted molar refractivity (Wildman–Crippen MR) is 93.3 cm³/mol. The molecule has 1 heterocycles. The average Bonchev–Trinajstić information content (AvgIpc) is 2.39. The van der Waals surface area contributed by atoms with Crippen molar-refractivity contribution in [1.29, 1.82) is 0 Å². The molecule has 21 heavy (non-hydrogen) atoms. The summed E-state index contributed by atoms with van der Waals surface area (Å²) < 4.78 is 0. The number of nitrogens with zero attached hydrogens (tertiary/aromatic N) is 1. The molecule has 1 saturated heterocycles. The van der Waals surface area contributed by atoms with Gasteiger partial charge >= 0.3 is 0 Å². The second-order valence-corrected chi connectivity index (χ2v) is 7.87. The highest BCUT2D eigenvalue weighted by Gasteiger charge is 2.26. The molecule has 1 N–H and O–H groups in total. The first kappa shape index (κ1) is 16.6. The Morgan fingerprint density at radius 2 is 2.00 bits per heavy atom. The molecule has 2 atom stereocenters. The van der Waals surface area contributed by atoms with Gasteiger partial charge < -0.3 is 10.2 Å². The first-order chi connectivity index (χ1) is 9.78. The highest BCUT2D eigenvalue weighted by atomic mass is 35.5. The van der Waals surface area contributed by atoms with E-state index in [1.807, 2.05) is 6.07 Å². The fraction of sp³-hybridized carbons (Fsp3) is 0.667. The van der Waals surface area contributed by atoms with E-state index in [-0.39, 0.29) is 5.54 Å². The number of benzene rings is 1. The van der Waals surface area contributed by atoms with Crippen molar-refractivity contribution in [1.82, 2.24) is 5.32 Å². The Morgan fingerprint density at radius 3 is 2.67 bits per heavy atom. The summed E-state index contributed by atoms with van der Waals surface area (Å²) in [6.07, 6.45) is 2.61. The van der Waals surface area contributed by atoms with Crippen molar-refractivity contribution in [3.05, 3.63) is 28.8 Å². The van der Waals surface area contributed by atoms with Gasteiger partial charge in [-0.05, 0) is 70.2 Å². The summed E-state index contributed by atoms with van der Waals surface area (Å²) >= 11 is 6.22. The zero-order valence-electron chi connectivity index (χ0n) is 14.0. The molecule has 0 radical (unpaired) electrons. The molecule has 0 aromatic heterocycles. The summed E-state index contributed by atoms with van der Waals surface area (Å²) in [5.41, 5.74) is 2.76. The molecule has 1 aromatic rings. The summed E-state index contributed by atoms with van der Waals surface area (Å²) in [7, 11) is 0. The van der Waals surface area contributed by atoms with E-state index in [4.69, 9.17) is 11.6 Å². The number of nitrogens with one attached hydrogen (secondary N) is 1. The normalized spacial score (nSPS) is 23.4. The third kappa shape index (κ3) is 4.37. The highest BCUT2D eigenvalue weighted by Crippen LogP contribution is 2.32. The van der Waals surface area contributed by atoms with Crippen LogP contribution in [0, 0.1) is 5.92 Å². The lowest BCUT2D eigenvalue weighted by atomic mass is 9.91. The van der Waals surface area contributed by atoms with E-state index in [1.165, 1.54) is 24.1 Å². The van der Waals surface area contributed by atoms with Crippen LogP contribution in [0.15, 0.2) is 18.2 Å². The van der Waals surface area contributed by atoms with Crippen LogP contribution in [0.25, 0.3) is 0 Å². The summed E-state index contributed by atoms with van der Waals surface area (Å²) in [5.74, 6) is 0.748. The Labute approximate surface area is 134 Å². The topological polar surface area (TPSA) is 15.3 Å². The number of hydrogen-bond donors (Lipinski definition) is 1. The van der Waals surface area contributed by atoms with E-state index in [2.05, 4.69) is 57.0 Å². The summed E-state index contributed by atoms with van der Waals surface area (Å²) in [6.45, 7) is 13.3. The van der Waals surface area contributed by atoms with Crippen LogP contribution < -0.4 is 10.2 Å². The van der Waals surface area contributed by atoms with Crippen LogP contribution in [-0.4, -0.2) is 18.1 Å². The van der Waals surface area contributed by atoms with Crippen molar-refractivity contribution in [3.63, 3.8) is 0 Å². The Balaban J connectivity index is 2.25. The molecule has 118 valence electrons. The van der Waals surface area contributed by atoms with Crippen molar-refractivity contribution in [2.75, 3.05) is 11.4 Å². The molecule has 2 rings (SSSR count). The number of hydrogen-bond acceptors (Lipinski definition) is 2. The van der Waals surface area contributed by atoms with Gasteiger partial charge in [0.2, 0.25) is 0 Å². The van der Waals surface area contributed by atoms with E-state index in [0.717, 1.165) is 24.0 Å². The molecule has 2 nitrogen and oxygen atoms in total. The lowest BCUT2D eigenvalue weighted by Gasteiger charge is -2.41.